The Balaban J connectivity index is 2.33. The predicted octanol–water partition coefficient (Wildman–Crippen LogP) is 4.90. The van der Waals surface area contributed by atoms with Crippen LogP contribution in [0.4, 0.5) is 0 Å². The van der Waals surface area contributed by atoms with Crippen LogP contribution in [0.1, 0.15) is 42.1 Å². The Labute approximate surface area is 135 Å². The van der Waals surface area contributed by atoms with Gasteiger partial charge in [0.1, 0.15) is 5.75 Å². The summed E-state index contributed by atoms with van der Waals surface area (Å²) in [7, 11) is 0. The third-order valence-corrected chi connectivity index (χ3v) is 4.66. The first-order valence-corrected chi connectivity index (χ1v) is 7.96. The van der Waals surface area contributed by atoms with Crippen molar-refractivity contribution in [3.8, 4) is 5.75 Å². The molecule has 2 rings (SSSR count). The molecule has 3 heteroatoms. The van der Waals surface area contributed by atoms with E-state index in [2.05, 4.69) is 41.9 Å². The van der Waals surface area contributed by atoms with E-state index in [0.29, 0.717) is 0 Å². The molecule has 0 aliphatic heterocycles. The summed E-state index contributed by atoms with van der Waals surface area (Å²) in [6.07, 6.45) is 0.161. The van der Waals surface area contributed by atoms with Gasteiger partial charge in [0.05, 0.1) is 12.1 Å². The Morgan fingerprint density at radius 2 is 1.62 bits per heavy atom. The zero-order valence-corrected chi connectivity index (χ0v) is 14.6. The number of benzene rings is 2. The van der Waals surface area contributed by atoms with Gasteiger partial charge in [0, 0.05) is 4.47 Å². The molecule has 1 atom stereocenters. The lowest BCUT2D eigenvalue weighted by Crippen LogP contribution is -2.13. The molecule has 2 aromatic rings. The summed E-state index contributed by atoms with van der Waals surface area (Å²) in [4.78, 5) is 0. The molecule has 21 heavy (non-hydrogen) atoms. The summed E-state index contributed by atoms with van der Waals surface area (Å²) in [5.41, 5.74) is 11.0. The van der Waals surface area contributed by atoms with Crippen LogP contribution in [0.5, 0.6) is 5.75 Å². The summed E-state index contributed by atoms with van der Waals surface area (Å²) in [6.45, 7) is 8.22. The Kier molecular flexibility index (Phi) is 5.07. The lowest BCUT2D eigenvalue weighted by atomic mass is 9.96. The van der Waals surface area contributed by atoms with Crippen molar-refractivity contribution in [3.63, 3.8) is 0 Å². The molecular weight excluding hydrogens is 326 g/mol. The average Bonchev–Trinajstić information content (AvgIpc) is 2.43. The highest BCUT2D eigenvalue weighted by Gasteiger charge is 2.12. The number of aryl methyl sites for hydroxylation is 2. The number of hydrogen-bond donors (Lipinski definition) is 1. The molecule has 2 nitrogen and oxygen atoms in total. The van der Waals surface area contributed by atoms with Crippen molar-refractivity contribution in [1.82, 2.24) is 0 Å². The highest BCUT2D eigenvalue weighted by Crippen LogP contribution is 2.29. The van der Waals surface area contributed by atoms with E-state index in [0.717, 1.165) is 21.3 Å². The van der Waals surface area contributed by atoms with Gasteiger partial charge in [-0.05, 0) is 62.1 Å². The van der Waals surface area contributed by atoms with Crippen LogP contribution >= 0.6 is 15.9 Å². The maximum absolute atomic E-state index is 6.43. The average molecular weight is 348 g/mol. The first-order chi connectivity index (χ1) is 9.88. The summed E-state index contributed by atoms with van der Waals surface area (Å²) >= 11 is 3.60. The number of halogens is 1. The lowest BCUT2D eigenvalue weighted by molar-refractivity contribution is 0.242. The molecule has 0 saturated heterocycles. The Bertz CT molecular complexity index is 614. The van der Waals surface area contributed by atoms with Crippen LogP contribution in [0.3, 0.4) is 0 Å². The van der Waals surface area contributed by atoms with Gasteiger partial charge in [-0.1, -0.05) is 40.2 Å². The zero-order valence-electron chi connectivity index (χ0n) is 13.0. The largest absolute Gasteiger partial charge is 0.491 e. The summed E-state index contributed by atoms with van der Waals surface area (Å²) in [5.74, 6) is 0.864. The molecule has 2 N–H and O–H groups in total. The molecule has 0 aliphatic rings. The van der Waals surface area contributed by atoms with E-state index in [1.165, 1.54) is 11.1 Å². The molecule has 1 unspecified atom stereocenters. The first-order valence-electron chi connectivity index (χ1n) is 7.17. The van der Waals surface area contributed by atoms with Crippen LogP contribution in [-0.2, 0) is 0 Å². The second kappa shape index (κ2) is 6.63. The fourth-order valence-corrected chi connectivity index (χ4v) is 2.63. The number of ether oxygens (including phenoxy) is 1. The van der Waals surface area contributed by atoms with E-state index < -0.39 is 0 Å². The van der Waals surface area contributed by atoms with E-state index in [1.54, 1.807) is 0 Å². The van der Waals surface area contributed by atoms with Crippen LogP contribution in [0.2, 0.25) is 0 Å². The minimum atomic E-state index is -0.147. The third kappa shape index (κ3) is 3.86. The first kappa shape index (κ1) is 16.1. The molecular formula is C18H22BrNO. The minimum Gasteiger partial charge on any atom is -0.491 e. The molecule has 0 saturated carbocycles. The summed E-state index contributed by atoms with van der Waals surface area (Å²) in [5, 5.41) is 0. The second-order valence-corrected chi connectivity index (χ2v) is 6.48. The molecule has 0 heterocycles. The van der Waals surface area contributed by atoms with Gasteiger partial charge in [-0.25, -0.2) is 0 Å². The van der Waals surface area contributed by atoms with Crippen LogP contribution in [-0.4, -0.2) is 6.10 Å². The Morgan fingerprint density at radius 1 is 1.00 bits per heavy atom. The molecule has 112 valence electrons. The highest BCUT2D eigenvalue weighted by molar-refractivity contribution is 9.10. The van der Waals surface area contributed by atoms with Crippen LogP contribution in [0, 0.1) is 13.8 Å². The van der Waals surface area contributed by atoms with E-state index in [1.807, 2.05) is 38.1 Å². The molecule has 0 fully saturated rings. The van der Waals surface area contributed by atoms with Crippen molar-refractivity contribution >= 4 is 15.9 Å². The van der Waals surface area contributed by atoms with Crippen molar-refractivity contribution in [2.45, 2.75) is 39.8 Å². The maximum Gasteiger partial charge on any atom is 0.120 e. The highest BCUT2D eigenvalue weighted by atomic mass is 79.9. The van der Waals surface area contributed by atoms with E-state index in [9.17, 15) is 0 Å². The van der Waals surface area contributed by atoms with E-state index in [4.69, 9.17) is 10.5 Å². The Hall–Kier alpha value is -1.32. The van der Waals surface area contributed by atoms with E-state index >= 15 is 0 Å². The van der Waals surface area contributed by atoms with Gasteiger partial charge < -0.3 is 10.5 Å². The molecule has 0 bridgehead atoms. The molecule has 0 radical (unpaired) electrons. The molecule has 0 spiro atoms. The molecule has 0 amide bonds. The molecule has 0 aliphatic carbocycles. The fraction of sp³-hybridized carbons (Fsp3) is 0.333. The van der Waals surface area contributed by atoms with Gasteiger partial charge in [-0.3, -0.25) is 0 Å². The number of hydrogen-bond acceptors (Lipinski definition) is 2. The van der Waals surface area contributed by atoms with Crippen molar-refractivity contribution < 1.29 is 4.74 Å². The molecule has 2 aromatic carbocycles. The third-order valence-electron chi connectivity index (χ3n) is 3.41. The smallest absolute Gasteiger partial charge is 0.120 e. The van der Waals surface area contributed by atoms with Gasteiger partial charge in [0.15, 0.2) is 0 Å². The predicted molar refractivity (Wildman–Crippen MR) is 91.9 cm³/mol. The minimum absolute atomic E-state index is 0.147. The van der Waals surface area contributed by atoms with Crippen molar-refractivity contribution in [2.75, 3.05) is 0 Å². The van der Waals surface area contributed by atoms with Gasteiger partial charge in [-0.15, -0.1) is 0 Å². The maximum atomic E-state index is 6.43. The molecule has 0 aromatic heterocycles. The van der Waals surface area contributed by atoms with Crippen LogP contribution < -0.4 is 10.5 Å². The van der Waals surface area contributed by atoms with E-state index in [-0.39, 0.29) is 12.1 Å². The monoisotopic (exact) mass is 347 g/mol. The van der Waals surface area contributed by atoms with Crippen molar-refractivity contribution in [1.29, 1.82) is 0 Å². The normalized spacial score (nSPS) is 12.5. The summed E-state index contributed by atoms with van der Waals surface area (Å²) < 4.78 is 6.89. The second-order valence-electron chi connectivity index (χ2n) is 5.69. The SMILES string of the molecule is Cc1cc(C(N)c2cccc(OC(C)C)c2)cc(C)c1Br. The van der Waals surface area contributed by atoms with Crippen molar-refractivity contribution in [2.24, 2.45) is 5.73 Å². The van der Waals surface area contributed by atoms with Gasteiger partial charge in [-0.2, -0.15) is 0 Å². The van der Waals surface area contributed by atoms with Crippen molar-refractivity contribution in [3.05, 3.63) is 63.1 Å². The van der Waals surface area contributed by atoms with Gasteiger partial charge in [0.25, 0.3) is 0 Å². The quantitative estimate of drug-likeness (QED) is 0.853. The standard InChI is InChI=1S/C18H22BrNO/c1-11(2)21-16-7-5-6-14(10-16)18(20)15-8-12(3)17(19)13(4)9-15/h5-11,18H,20H2,1-4H3. The summed E-state index contributed by atoms with van der Waals surface area (Å²) in [6, 6.07) is 12.2. The number of nitrogens with two attached hydrogens (primary N) is 1. The Morgan fingerprint density at radius 3 is 2.19 bits per heavy atom. The van der Waals surface area contributed by atoms with Crippen LogP contribution in [0.15, 0.2) is 40.9 Å². The topological polar surface area (TPSA) is 35.2 Å². The van der Waals surface area contributed by atoms with Gasteiger partial charge >= 0.3 is 0 Å². The van der Waals surface area contributed by atoms with Gasteiger partial charge in [0.2, 0.25) is 0 Å². The lowest BCUT2D eigenvalue weighted by Gasteiger charge is -2.17. The fourth-order valence-electron chi connectivity index (χ4n) is 2.40. The number of rotatable bonds is 4. The zero-order chi connectivity index (χ0) is 15.6. The van der Waals surface area contributed by atoms with Crippen LogP contribution in [0.25, 0.3) is 0 Å².